The van der Waals surface area contributed by atoms with Gasteiger partial charge < -0.3 is 0 Å². The molecule has 0 aliphatic carbocycles. The van der Waals surface area contributed by atoms with Crippen LogP contribution in [0.3, 0.4) is 0 Å². The molecule has 0 aliphatic heterocycles. The first-order chi connectivity index (χ1) is 13.2. The van der Waals surface area contributed by atoms with Crippen LogP contribution < -0.4 is 11.2 Å². The largest absolute Gasteiger partial charge is 0.349 e. The van der Waals surface area contributed by atoms with Crippen molar-refractivity contribution in [3.63, 3.8) is 0 Å². The van der Waals surface area contributed by atoms with E-state index in [2.05, 4.69) is 10.1 Å². The highest BCUT2D eigenvalue weighted by atomic mass is 16.2. The quantitative estimate of drug-likeness (QED) is 0.612. The van der Waals surface area contributed by atoms with Crippen LogP contribution in [0, 0.1) is 11.3 Å². The lowest BCUT2D eigenvalue weighted by Gasteiger charge is -2.11. The lowest BCUT2D eigenvalue weighted by atomic mass is 9.97. The normalized spacial score (nSPS) is 10.6. The van der Waals surface area contributed by atoms with Crippen molar-refractivity contribution in [2.24, 2.45) is 0 Å². The highest BCUT2D eigenvalue weighted by molar-refractivity contribution is 5.88. The minimum atomic E-state index is -0.788. The summed E-state index contributed by atoms with van der Waals surface area (Å²) in [6.07, 6.45) is 0.679. The van der Waals surface area contributed by atoms with Gasteiger partial charge in [-0.25, -0.2) is 4.79 Å². The Labute approximate surface area is 154 Å². The van der Waals surface area contributed by atoms with Crippen molar-refractivity contribution in [1.82, 2.24) is 14.8 Å². The fourth-order valence-corrected chi connectivity index (χ4v) is 3.11. The van der Waals surface area contributed by atoms with Crippen LogP contribution in [0.15, 0.2) is 76.3 Å². The number of hydrogen-bond acceptors (Lipinski definition) is 4. The van der Waals surface area contributed by atoms with Crippen LogP contribution in [0.5, 0.6) is 0 Å². The Balaban J connectivity index is 1.94. The fraction of sp³-hybridized carbons (Fsp3) is 0.0476. The van der Waals surface area contributed by atoms with E-state index in [-0.39, 0.29) is 5.69 Å². The van der Waals surface area contributed by atoms with Gasteiger partial charge in [0.1, 0.15) is 6.07 Å². The molecule has 6 heteroatoms. The Morgan fingerprint density at radius 2 is 1.74 bits per heavy atom. The molecule has 4 rings (SSSR count). The van der Waals surface area contributed by atoms with Gasteiger partial charge in [0, 0.05) is 0 Å². The van der Waals surface area contributed by atoms with Crippen molar-refractivity contribution in [2.75, 3.05) is 0 Å². The smallest absolute Gasteiger partial charge is 0.270 e. The van der Waals surface area contributed by atoms with Crippen LogP contribution in [-0.2, 0) is 6.42 Å². The van der Waals surface area contributed by atoms with E-state index in [1.807, 2.05) is 66.7 Å². The first-order valence-electron chi connectivity index (χ1n) is 8.35. The second kappa shape index (κ2) is 6.73. The van der Waals surface area contributed by atoms with E-state index in [0.29, 0.717) is 12.1 Å². The Hall–Kier alpha value is -3.98. The molecular formula is C21H14N4O2. The van der Waals surface area contributed by atoms with Crippen molar-refractivity contribution < 1.29 is 0 Å². The molecule has 0 saturated heterocycles. The summed E-state index contributed by atoms with van der Waals surface area (Å²) >= 11 is 0. The number of fused-ring (bicyclic) bond motifs is 1. The molecule has 0 aliphatic rings. The average Bonchev–Trinajstić information content (AvgIpc) is 2.69. The summed E-state index contributed by atoms with van der Waals surface area (Å²) in [5.41, 5.74) is 0.834. The van der Waals surface area contributed by atoms with Crippen LogP contribution in [0.2, 0.25) is 0 Å². The minimum Gasteiger partial charge on any atom is -0.270 e. The number of aromatic amines is 1. The van der Waals surface area contributed by atoms with Gasteiger partial charge in [-0.15, -0.1) is 5.10 Å². The van der Waals surface area contributed by atoms with Crippen molar-refractivity contribution in [3.05, 3.63) is 104 Å². The Morgan fingerprint density at radius 3 is 2.52 bits per heavy atom. The van der Waals surface area contributed by atoms with Gasteiger partial charge in [0.15, 0.2) is 0 Å². The van der Waals surface area contributed by atoms with Crippen molar-refractivity contribution in [2.45, 2.75) is 6.42 Å². The van der Waals surface area contributed by atoms with Crippen molar-refractivity contribution in [1.29, 1.82) is 5.26 Å². The number of aromatic nitrogens is 3. The molecule has 130 valence electrons. The third-order valence-corrected chi connectivity index (χ3v) is 4.35. The first kappa shape index (κ1) is 16.5. The molecule has 1 heterocycles. The van der Waals surface area contributed by atoms with Crippen molar-refractivity contribution in [3.8, 4) is 11.8 Å². The molecule has 0 amide bonds. The predicted molar refractivity (Wildman–Crippen MR) is 102 cm³/mol. The van der Waals surface area contributed by atoms with Gasteiger partial charge in [-0.1, -0.05) is 54.6 Å². The lowest BCUT2D eigenvalue weighted by molar-refractivity contribution is 0.740. The molecule has 0 saturated carbocycles. The van der Waals surface area contributed by atoms with Crippen LogP contribution in [0.25, 0.3) is 16.5 Å². The number of benzene rings is 3. The molecule has 0 fully saturated rings. The zero-order valence-electron chi connectivity index (χ0n) is 14.2. The molecule has 0 atom stereocenters. The van der Waals surface area contributed by atoms with E-state index < -0.39 is 11.2 Å². The Morgan fingerprint density at radius 1 is 1.00 bits per heavy atom. The van der Waals surface area contributed by atoms with Crippen molar-refractivity contribution >= 4 is 10.8 Å². The monoisotopic (exact) mass is 354 g/mol. The topological polar surface area (TPSA) is 91.5 Å². The standard InChI is InChI=1S/C21H14N4O2/c22-13-19-20(26)23-21(27)25(24-19)17-11-15-8-4-5-9-18(15)16(12-17)10-14-6-2-1-3-7-14/h1-9,11-12H,10H2,(H,23,26,27). The molecule has 1 N–H and O–H groups in total. The lowest BCUT2D eigenvalue weighted by Crippen LogP contribution is -2.33. The maximum atomic E-state index is 12.2. The van der Waals surface area contributed by atoms with Gasteiger partial charge in [0.2, 0.25) is 5.69 Å². The highest BCUT2D eigenvalue weighted by Crippen LogP contribution is 2.24. The number of nitrogens with one attached hydrogen (secondary N) is 1. The predicted octanol–water partition coefficient (Wildman–Crippen LogP) is 2.54. The number of rotatable bonds is 3. The van der Waals surface area contributed by atoms with Crippen LogP contribution >= 0.6 is 0 Å². The number of nitrogens with zero attached hydrogens (tertiary/aromatic N) is 3. The molecule has 4 aromatic rings. The molecule has 0 bridgehead atoms. The fourth-order valence-electron chi connectivity index (χ4n) is 3.11. The van der Waals surface area contributed by atoms with Gasteiger partial charge in [-0.3, -0.25) is 9.78 Å². The molecule has 6 nitrogen and oxygen atoms in total. The second-order valence-electron chi connectivity index (χ2n) is 6.12. The van der Waals surface area contributed by atoms with Crippen LogP contribution in [0.1, 0.15) is 16.8 Å². The van der Waals surface area contributed by atoms with Gasteiger partial charge in [0.25, 0.3) is 5.56 Å². The Bertz CT molecular complexity index is 1300. The SMILES string of the molecule is N#Cc1nn(-c2cc(Cc3ccccc3)c3ccccc3c2)c(=O)[nH]c1=O. The van der Waals surface area contributed by atoms with E-state index in [1.54, 1.807) is 6.07 Å². The highest BCUT2D eigenvalue weighted by Gasteiger charge is 2.11. The molecule has 0 unspecified atom stereocenters. The van der Waals surface area contributed by atoms with Gasteiger partial charge in [-0.05, 0) is 40.5 Å². The number of nitriles is 1. The summed E-state index contributed by atoms with van der Waals surface area (Å²) in [5.74, 6) is 0. The summed E-state index contributed by atoms with van der Waals surface area (Å²) in [6, 6.07) is 23.3. The summed E-state index contributed by atoms with van der Waals surface area (Å²) in [4.78, 5) is 26.0. The third kappa shape index (κ3) is 3.14. The Kier molecular flexibility index (Phi) is 4.11. The third-order valence-electron chi connectivity index (χ3n) is 4.35. The average molecular weight is 354 g/mol. The molecule has 0 radical (unpaired) electrons. The maximum Gasteiger partial charge on any atom is 0.349 e. The molecule has 0 spiro atoms. The maximum absolute atomic E-state index is 12.2. The summed E-state index contributed by atoms with van der Waals surface area (Å²) in [7, 11) is 0. The van der Waals surface area contributed by atoms with E-state index in [9.17, 15) is 9.59 Å². The molecule has 3 aromatic carbocycles. The van der Waals surface area contributed by atoms with E-state index in [1.165, 1.54) is 0 Å². The molecular weight excluding hydrogens is 340 g/mol. The van der Waals surface area contributed by atoms with Crippen LogP contribution in [0.4, 0.5) is 0 Å². The first-order valence-corrected chi connectivity index (χ1v) is 8.35. The second-order valence-corrected chi connectivity index (χ2v) is 6.12. The zero-order valence-corrected chi connectivity index (χ0v) is 14.2. The van der Waals surface area contributed by atoms with Gasteiger partial charge in [-0.2, -0.15) is 9.94 Å². The van der Waals surface area contributed by atoms with E-state index in [0.717, 1.165) is 26.6 Å². The van der Waals surface area contributed by atoms with E-state index >= 15 is 0 Å². The van der Waals surface area contributed by atoms with Gasteiger partial charge >= 0.3 is 5.69 Å². The summed E-state index contributed by atoms with van der Waals surface area (Å²) in [5, 5.41) is 15.0. The van der Waals surface area contributed by atoms with E-state index in [4.69, 9.17) is 5.26 Å². The molecule has 27 heavy (non-hydrogen) atoms. The number of H-pyrrole nitrogens is 1. The van der Waals surface area contributed by atoms with Gasteiger partial charge in [0.05, 0.1) is 5.69 Å². The summed E-state index contributed by atoms with van der Waals surface area (Å²) < 4.78 is 1.06. The minimum absolute atomic E-state index is 0.354. The zero-order chi connectivity index (χ0) is 18.8. The summed E-state index contributed by atoms with van der Waals surface area (Å²) in [6.45, 7) is 0. The molecule has 1 aromatic heterocycles. The van der Waals surface area contributed by atoms with Crippen LogP contribution in [-0.4, -0.2) is 14.8 Å². The number of hydrogen-bond donors (Lipinski definition) is 1.